The highest BCUT2D eigenvalue weighted by Gasteiger charge is 2.24. The maximum Gasteiger partial charge on any atom is 0.224 e. The first-order valence-electron chi connectivity index (χ1n) is 5.86. The zero-order chi connectivity index (χ0) is 12.0. The van der Waals surface area contributed by atoms with Gasteiger partial charge in [0.15, 0.2) is 0 Å². The van der Waals surface area contributed by atoms with Gasteiger partial charge in [-0.25, -0.2) is 0 Å². The van der Waals surface area contributed by atoms with Crippen LogP contribution in [0.15, 0.2) is 0 Å². The second-order valence-electron chi connectivity index (χ2n) is 4.23. The molecule has 0 saturated carbocycles. The van der Waals surface area contributed by atoms with Gasteiger partial charge in [0.1, 0.15) is 0 Å². The Morgan fingerprint density at radius 1 is 1.69 bits per heavy atom. The summed E-state index contributed by atoms with van der Waals surface area (Å²) in [4.78, 5) is 22.5. The van der Waals surface area contributed by atoms with Crippen molar-refractivity contribution >= 4 is 11.8 Å². The maximum atomic E-state index is 11.6. The minimum atomic E-state index is -0.466. The Labute approximate surface area is 95.6 Å². The summed E-state index contributed by atoms with van der Waals surface area (Å²) in [5, 5.41) is 14.8. The topological polar surface area (TPSA) is 78.4 Å². The molecule has 0 bridgehead atoms. The van der Waals surface area contributed by atoms with E-state index in [0.29, 0.717) is 32.4 Å². The molecule has 1 aliphatic heterocycles. The van der Waals surface area contributed by atoms with Crippen molar-refractivity contribution in [1.82, 2.24) is 10.6 Å². The first-order chi connectivity index (χ1) is 7.63. The highest BCUT2D eigenvalue weighted by atomic mass is 16.3. The van der Waals surface area contributed by atoms with Crippen molar-refractivity contribution in [3.8, 4) is 0 Å². The van der Waals surface area contributed by atoms with Crippen LogP contribution in [0.25, 0.3) is 0 Å². The Kier molecular flexibility index (Phi) is 5.25. The maximum absolute atomic E-state index is 11.6. The first kappa shape index (κ1) is 13.0. The van der Waals surface area contributed by atoms with Gasteiger partial charge in [-0.05, 0) is 12.8 Å². The van der Waals surface area contributed by atoms with Crippen molar-refractivity contribution in [2.24, 2.45) is 5.92 Å². The first-order valence-corrected chi connectivity index (χ1v) is 5.86. The average molecular weight is 228 g/mol. The number of hydrogen-bond acceptors (Lipinski definition) is 3. The number of rotatable bonds is 5. The molecule has 2 atom stereocenters. The molecule has 92 valence electrons. The molecule has 16 heavy (non-hydrogen) atoms. The summed E-state index contributed by atoms with van der Waals surface area (Å²) in [5.74, 6) is -0.211. The number of piperidine rings is 1. The number of hydrogen-bond donors (Lipinski definition) is 3. The number of carbonyl (C=O) groups is 2. The van der Waals surface area contributed by atoms with E-state index in [-0.39, 0.29) is 17.7 Å². The van der Waals surface area contributed by atoms with Gasteiger partial charge in [-0.1, -0.05) is 13.3 Å². The van der Waals surface area contributed by atoms with Gasteiger partial charge in [-0.15, -0.1) is 0 Å². The van der Waals surface area contributed by atoms with Crippen molar-refractivity contribution in [1.29, 1.82) is 0 Å². The van der Waals surface area contributed by atoms with E-state index < -0.39 is 6.10 Å². The Bertz CT molecular complexity index is 246. The van der Waals surface area contributed by atoms with Crippen LogP contribution in [0.1, 0.15) is 32.6 Å². The van der Waals surface area contributed by atoms with E-state index in [1.54, 1.807) is 0 Å². The third kappa shape index (κ3) is 4.18. The second kappa shape index (κ2) is 6.48. The smallest absolute Gasteiger partial charge is 0.224 e. The van der Waals surface area contributed by atoms with Gasteiger partial charge in [0, 0.05) is 19.5 Å². The van der Waals surface area contributed by atoms with E-state index in [4.69, 9.17) is 0 Å². The van der Waals surface area contributed by atoms with Gasteiger partial charge in [0.05, 0.1) is 12.0 Å². The highest BCUT2D eigenvalue weighted by Crippen LogP contribution is 2.10. The summed E-state index contributed by atoms with van der Waals surface area (Å²) < 4.78 is 0. The van der Waals surface area contributed by atoms with Gasteiger partial charge >= 0.3 is 0 Å². The predicted octanol–water partition coefficient (Wildman–Crippen LogP) is -0.210. The highest BCUT2D eigenvalue weighted by molar-refractivity contribution is 5.83. The van der Waals surface area contributed by atoms with Crippen LogP contribution in [0, 0.1) is 5.92 Å². The molecule has 1 fully saturated rings. The van der Waals surface area contributed by atoms with Crippen LogP contribution in [0.3, 0.4) is 0 Å². The molecule has 2 unspecified atom stereocenters. The van der Waals surface area contributed by atoms with Crippen LogP contribution in [0.4, 0.5) is 0 Å². The van der Waals surface area contributed by atoms with E-state index in [1.807, 2.05) is 6.92 Å². The lowest BCUT2D eigenvalue weighted by molar-refractivity contribution is -0.129. The lowest BCUT2D eigenvalue weighted by Gasteiger charge is -2.22. The van der Waals surface area contributed by atoms with E-state index in [1.165, 1.54) is 0 Å². The number of amides is 2. The lowest BCUT2D eigenvalue weighted by Crippen LogP contribution is -2.44. The van der Waals surface area contributed by atoms with Gasteiger partial charge in [-0.3, -0.25) is 9.59 Å². The molecule has 1 heterocycles. The Hall–Kier alpha value is -1.10. The molecule has 2 amide bonds. The molecule has 1 rings (SSSR count). The fourth-order valence-corrected chi connectivity index (χ4v) is 1.75. The quantitative estimate of drug-likeness (QED) is 0.609. The molecule has 5 nitrogen and oxygen atoms in total. The Morgan fingerprint density at radius 3 is 3.00 bits per heavy atom. The summed E-state index contributed by atoms with van der Waals surface area (Å²) in [7, 11) is 0. The van der Waals surface area contributed by atoms with Crippen LogP contribution in [0.5, 0.6) is 0 Å². The predicted molar refractivity (Wildman–Crippen MR) is 59.7 cm³/mol. The standard InChI is InChI=1S/C11H20N2O3/c1-2-3-9(14)7-13-11(16)8-4-5-10(15)12-6-8/h8-9,14H,2-7H2,1H3,(H,12,15)(H,13,16). The van der Waals surface area contributed by atoms with Crippen molar-refractivity contribution in [3.63, 3.8) is 0 Å². The SMILES string of the molecule is CCCC(O)CNC(=O)C1CCC(=O)NC1. The fraction of sp³-hybridized carbons (Fsp3) is 0.818. The minimum Gasteiger partial charge on any atom is -0.391 e. The summed E-state index contributed by atoms with van der Waals surface area (Å²) in [6.45, 7) is 2.70. The molecule has 0 aliphatic carbocycles. The summed E-state index contributed by atoms with van der Waals surface area (Å²) >= 11 is 0. The normalized spacial score (nSPS) is 22.4. The second-order valence-corrected chi connectivity index (χ2v) is 4.23. The summed E-state index contributed by atoms with van der Waals surface area (Å²) in [6, 6.07) is 0. The van der Waals surface area contributed by atoms with Crippen LogP contribution in [0.2, 0.25) is 0 Å². The van der Waals surface area contributed by atoms with E-state index in [0.717, 1.165) is 6.42 Å². The monoisotopic (exact) mass is 228 g/mol. The van der Waals surface area contributed by atoms with Crippen LogP contribution in [-0.2, 0) is 9.59 Å². The number of carbonyl (C=O) groups excluding carboxylic acids is 2. The van der Waals surface area contributed by atoms with Crippen molar-refractivity contribution < 1.29 is 14.7 Å². The van der Waals surface area contributed by atoms with Crippen LogP contribution in [-0.4, -0.2) is 36.1 Å². The molecule has 1 saturated heterocycles. The molecule has 0 radical (unpaired) electrons. The molecule has 0 aromatic rings. The zero-order valence-electron chi connectivity index (χ0n) is 9.66. The van der Waals surface area contributed by atoms with E-state index in [9.17, 15) is 14.7 Å². The van der Waals surface area contributed by atoms with Crippen molar-refractivity contribution in [3.05, 3.63) is 0 Å². The minimum absolute atomic E-state index is 0.00932. The molecule has 0 aromatic carbocycles. The molecule has 5 heteroatoms. The third-order valence-corrected chi connectivity index (χ3v) is 2.77. The molecular formula is C11H20N2O3. The average Bonchev–Trinajstić information content (AvgIpc) is 2.27. The number of aliphatic hydroxyl groups excluding tert-OH is 1. The Balaban J connectivity index is 2.22. The molecule has 0 aromatic heterocycles. The van der Waals surface area contributed by atoms with Gasteiger partial charge in [0.2, 0.25) is 11.8 Å². The van der Waals surface area contributed by atoms with Gasteiger partial charge in [0.25, 0.3) is 0 Å². The van der Waals surface area contributed by atoms with Gasteiger partial charge in [-0.2, -0.15) is 0 Å². The third-order valence-electron chi connectivity index (χ3n) is 2.77. The van der Waals surface area contributed by atoms with Crippen LogP contribution >= 0.6 is 0 Å². The van der Waals surface area contributed by atoms with E-state index in [2.05, 4.69) is 10.6 Å². The number of nitrogens with one attached hydrogen (secondary N) is 2. The molecule has 3 N–H and O–H groups in total. The summed E-state index contributed by atoms with van der Waals surface area (Å²) in [5.41, 5.74) is 0. The Morgan fingerprint density at radius 2 is 2.44 bits per heavy atom. The molecular weight excluding hydrogens is 208 g/mol. The van der Waals surface area contributed by atoms with Crippen molar-refractivity contribution in [2.45, 2.75) is 38.7 Å². The molecule has 0 spiro atoms. The van der Waals surface area contributed by atoms with Gasteiger partial charge < -0.3 is 15.7 Å². The summed E-state index contributed by atoms with van der Waals surface area (Å²) in [6.07, 6.45) is 2.14. The van der Waals surface area contributed by atoms with E-state index >= 15 is 0 Å². The largest absolute Gasteiger partial charge is 0.391 e. The fourth-order valence-electron chi connectivity index (χ4n) is 1.75. The van der Waals surface area contributed by atoms with Crippen molar-refractivity contribution in [2.75, 3.05) is 13.1 Å². The number of aliphatic hydroxyl groups is 1. The van der Waals surface area contributed by atoms with Crippen LogP contribution < -0.4 is 10.6 Å². The zero-order valence-corrected chi connectivity index (χ0v) is 9.66. The lowest BCUT2D eigenvalue weighted by atomic mass is 9.98. The molecule has 1 aliphatic rings.